The number of nitrogens with one attached hydrogen (secondary N) is 1. The first-order valence-electron chi connectivity index (χ1n) is 6.75. The van der Waals surface area contributed by atoms with Crippen molar-refractivity contribution in [2.75, 3.05) is 30.2 Å². The summed E-state index contributed by atoms with van der Waals surface area (Å²) in [5.74, 6) is 0.602. The molecule has 0 bridgehead atoms. The number of rotatable bonds is 6. The Hall–Kier alpha value is -2.44. The summed E-state index contributed by atoms with van der Waals surface area (Å²) < 4.78 is 5.11. The molecule has 124 valence electrons. The SMILES string of the molecule is COc1cccc(NC(=O)CSc2nc(N)nc(SC)c2C#N)c1. The standard InChI is InChI=1S/C15H15N5O2S2/c1-22-10-5-3-4-9(6-10)18-12(21)8-24-14-11(7-16)13(23-2)19-15(17)20-14/h3-6H,8H2,1-2H3,(H,18,21)(H2,17,19,20). The summed E-state index contributed by atoms with van der Waals surface area (Å²) in [7, 11) is 1.56. The number of thioether (sulfide) groups is 2. The fourth-order valence-corrected chi connectivity index (χ4v) is 3.20. The van der Waals surface area contributed by atoms with E-state index in [0.29, 0.717) is 27.1 Å². The molecule has 2 aromatic rings. The van der Waals surface area contributed by atoms with E-state index >= 15 is 0 Å². The number of nitrogen functional groups attached to an aromatic ring is 1. The molecule has 1 heterocycles. The van der Waals surface area contributed by atoms with E-state index in [0.717, 1.165) is 11.8 Å². The topological polar surface area (TPSA) is 114 Å². The maximum Gasteiger partial charge on any atom is 0.234 e. The summed E-state index contributed by atoms with van der Waals surface area (Å²) in [4.78, 5) is 20.2. The molecule has 0 radical (unpaired) electrons. The molecule has 0 fully saturated rings. The number of ether oxygens (including phenoxy) is 1. The van der Waals surface area contributed by atoms with Gasteiger partial charge in [-0.15, -0.1) is 11.8 Å². The number of carbonyl (C=O) groups is 1. The summed E-state index contributed by atoms with van der Waals surface area (Å²) >= 11 is 2.45. The number of methoxy groups -OCH3 is 1. The smallest absolute Gasteiger partial charge is 0.234 e. The molecular formula is C15H15N5O2S2. The van der Waals surface area contributed by atoms with E-state index in [1.165, 1.54) is 11.8 Å². The number of nitriles is 1. The molecule has 9 heteroatoms. The Kier molecular flexibility index (Phi) is 6.28. The highest BCUT2D eigenvalue weighted by Gasteiger charge is 2.15. The highest BCUT2D eigenvalue weighted by atomic mass is 32.2. The third kappa shape index (κ3) is 4.53. The number of hydrogen-bond donors (Lipinski definition) is 2. The van der Waals surface area contributed by atoms with Crippen LogP contribution in [0.5, 0.6) is 5.75 Å². The van der Waals surface area contributed by atoms with Crippen LogP contribution in [0.1, 0.15) is 5.56 Å². The lowest BCUT2D eigenvalue weighted by Gasteiger charge is -2.08. The molecule has 7 nitrogen and oxygen atoms in total. The molecule has 2 rings (SSSR count). The number of nitrogens with zero attached hydrogens (tertiary/aromatic N) is 3. The number of hydrogen-bond acceptors (Lipinski definition) is 8. The molecule has 3 N–H and O–H groups in total. The van der Waals surface area contributed by atoms with E-state index in [4.69, 9.17) is 10.5 Å². The van der Waals surface area contributed by atoms with Gasteiger partial charge in [-0.1, -0.05) is 17.8 Å². The van der Waals surface area contributed by atoms with Crippen LogP contribution in [-0.4, -0.2) is 35.0 Å². The Morgan fingerprint density at radius 2 is 2.17 bits per heavy atom. The van der Waals surface area contributed by atoms with Gasteiger partial charge in [-0.3, -0.25) is 4.79 Å². The minimum absolute atomic E-state index is 0.0778. The Balaban J connectivity index is 2.06. The van der Waals surface area contributed by atoms with Crippen molar-refractivity contribution < 1.29 is 9.53 Å². The van der Waals surface area contributed by atoms with E-state index in [-0.39, 0.29) is 17.6 Å². The van der Waals surface area contributed by atoms with E-state index < -0.39 is 0 Å². The van der Waals surface area contributed by atoms with Gasteiger partial charge in [-0.2, -0.15) is 5.26 Å². The minimum Gasteiger partial charge on any atom is -0.497 e. The van der Waals surface area contributed by atoms with Gasteiger partial charge in [0.15, 0.2) is 0 Å². The summed E-state index contributed by atoms with van der Waals surface area (Å²) in [6, 6.07) is 9.12. The number of aromatic nitrogens is 2. The van der Waals surface area contributed by atoms with Crippen molar-refractivity contribution in [3.63, 3.8) is 0 Å². The number of anilines is 2. The second-order valence-corrected chi connectivity index (χ2v) is 6.21. The molecule has 0 saturated heterocycles. The molecule has 0 aliphatic carbocycles. The lowest BCUT2D eigenvalue weighted by atomic mass is 10.3. The van der Waals surface area contributed by atoms with E-state index in [1.54, 1.807) is 37.6 Å². The molecule has 1 aromatic carbocycles. The van der Waals surface area contributed by atoms with Gasteiger partial charge in [-0.25, -0.2) is 9.97 Å². The van der Waals surface area contributed by atoms with Crippen LogP contribution >= 0.6 is 23.5 Å². The number of nitrogens with two attached hydrogens (primary N) is 1. The molecule has 0 atom stereocenters. The van der Waals surface area contributed by atoms with E-state index in [9.17, 15) is 10.1 Å². The second kappa shape index (κ2) is 8.42. The molecule has 0 aliphatic rings. The highest BCUT2D eigenvalue weighted by molar-refractivity contribution is 8.00. The fraction of sp³-hybridized carbons (Fsp3) is 0.200. The van der Waals surface area contributed by atoms with Crippen molar-refractivity contribution in [3.05, 3.63) is 29.8 Å². The number of carbonyl (C=O) groups excluding carboxylic acids is 1. The van der Waals surface area contributed by atoms with Crippen molar-refractivity contribution in [3.8, 4) is 11.8 Å². The summed E-state index contributed by atoms with van der Waals surface area (Å²) in [5.41, 5.74) is 6.61. The maximum absolute atomic E-state index is 12.1. The van der Waals surface area contributed by atoms with Crippen LogP contribution in [0.2, 0.25) is 0 Å². The largest absolute Gasteiger partial charge is 0.497 e. The lowest BCUT2D eigenvalue weighted by Crippen LogP contribution is -2.14. The number of amides is 1. The van der Waals surface area contributed by atoms with Crippen molar-refractivity contribution in [1.82, 2.24) is 9.97 Å². The van der Waals surface area contributed by atoms with Gasteiger partial charge in [0.2, 0.25) is 11.9 Å². The third-order valence-corrected chi connectivity index (χ3v) is 4.52. The Labute approximate surface area is 148 Å². The zero-order chi connectivity index (χ0) is 17.5. The van der Waals surface area contributed by atoms with Gasteiger partial charge in [-0.05, 0) is 18.4 Å². The Morgan fingerprint density at radius 1 is 1.42 bits per heavy atom. The molecule has 1 aromatic heterocycles. The van der Waals surface area contributed by atoms with Crippen LogP contribution in [0.4, 0.5) is 11.6 Å². The van der Waals surface area contributed by atoms with Crippen LogP contribution in [-0.2, 0) is 4.79 Å². The van der Waals surface area contributed by atoms with E-state index in [2.05, 4.69) is 21.4 Å². The highest BCUT2D eigenvalue weighted by Crippen LogP contribution is 2.28. The van der Waals surface area contributed by atoms with Gasteiger partial charge >= 0.3 is 0 Å². The minimum atomic E-state index is -0.222. The zero-order valence-corrected chi connectivity index (χ0v) is 14.7. The van der Waals surface area contributed by atoms with Crippen LogP contribution in [0.15, 0.2) is 34.3 Å². The molecule has 24 heavy (non-hydrogen) atoms. The van der Waals surface area contributed by atoms with Crippen molar-refractivity contribution in [2.24, 2.45) is 0 Å². The first-order valence-corrected chi connectivity index (χ1v) is 8.96. The molecular weight excluding hydrogens is 346 g/mol. The third-order valence-electron chi connectivity index (χ3n) is 2.86. The van der Waals surface area contributed by atoms with Crippen LogP contribution in [0.3, 0.4) is 0 Å². The average molecular weight is 361 g/mol. The molecule has 0 saturated carbocycles. The van der Waals surface area contributed by atoms with Crippen LogP contribution < -0.4 is 15.8 Å². The monoisotopic (exact) mass is 361 g/mol. The van der Waals surface area contributed by atoms with Gasteiger partial charge in [0.1, 0.15) is 27.4 Å². The lowest BCUT2D eigenvalue weighted by molar-refractivity contribution is -0.113. The molecule has 1 amide bonds. The van der Waals surface area contributed by atoms with Crippen molar-refractivity contribution in [2.45, 2.75) is 10.1 Å². The normalized spacial score (nSPS) is 10.0. The van der Waals surface area contributed by atoms with Gasteiger partial charge in [0.05, 0.1) is 12.9 Å². The van der Waals surface area contributed by atoms with Crippen LogP contribution in [0.25, 0.3) is 0 Å². The van der Waals surface area contributed by atoms with Gasteiger partial charge < -0.3 is 15.8 Å². The molecule has 0 aliphatic heterocycles. The van der Waals surface area contributed by atoms with Crippen molar-refractivity contribution in [1.29, 1.82) is 5.26 Å². The first kappa shape index (κ1) is 17.9. The first-order chi connectivity index (χ1) is 11.6. The second-order valence-electron chi connectivity index (χ2n) is 4.45. The van der Waals surface area contributed by atoms with E-state index in [1.807, 2.05) is 0 Å². The predicted molar refractivity (Wildman–Crippen MR) is 95.3 cm³/mol. The predicted octanol–water partition coefficient (Wildman–Crippen LogP) is 2.39. The Morgan fingerprint density at radius 3 is 2.83 bits per heavy atom. The number of benzene rings is 1. The molecule has 0 spiro atoms. The maximum atomic E-state index is 12.1. The average Bonchev–Trinajstić information content (AvgIpc) is 2.59. The zero-order valence-electron chi connectivity index (χ0n) is 13.1. The van der Waals surface area contributed by atoms with Gasteiger partial charge in [0.25, 0.3) is 0 Å². The van der Waals surface area contributed by atoms with Crippen LogP contribution in [0, 0.1) is 11.3 Å². The molecule has 0 unspecified atom stereocenters. The Bertz CT molecular complexity index is 792. The summed E-state index contributed by atoms with van der Waals surface area (Å²) in [6.45, 7) is 0. The summed E-state index contributed by atoms with van der Waals surface area (Å²) in [6.07, 6.45) is 1.80. The summed E-state index contributed by atoms with van der Waals surface area (Å²) in [5, 5.41) is 12.9. The van der Waals surface area contributed by atoms with Gasteiger partial charge in [0, 0.05) is 11.8 Å². The van der Waals surface area contributed by atoms with Crippen molar-refractivity contribution >= 4 is 41.1 Å². The fourth-order valence-electron chi connectivity index (χ4n) is 1.82. The quantitative estimate of drug-likeness (QED) is 0.595.